The number of piperidine rings is 1. The van der Waals surface area contributed by atoms with Crippen molar-refractivity contribution in [3.8, 4) is 5.75 Å². The summed E-state index contributed by atoms with van der Waals surface area (Å²) in [5, 5.41) is 3.33. The van der Waals surface area contributed by atoms with E-state index in [1.807, 2.05) is 11.0 Å². The van der Waals surface area contributed by atoms with Gasteiger partial charge in [0.2, 0.25) is 5.91 Å². The van der Waals surface area contributed by atoms with Gasteiger partial charge in [-0.15, -0.1) is 0 Å². The number of ether oxygens (including phenoxy) is 2. The Hall–Kier alpha value is -1.92. The Morgan fingerprint density at radius 2 is 2.00 bits per heavy atom. The molecular weight excluding hydrogens is 371 g/mol. The molecule has 6 heteroatoms. The Morgan fingerprint density at radius 3 is 2.69 bits per heavy atom. The van der Waals surface area contributed by atoms with Gasteiger partial charge in [-0.25, -0.2) is 4.39 Å². The van der Waals surface area contributed by atoms with E-state index in [4.69, 9.17) is 9.47 Å². The highest BCUT2D eigenvalue weighted by atomic mass is 19.1. The number of carbonyl (C=O) groups excluding carboxylic acids is 1. The summed E-state index contributed by atoms with van der Waals surface area (Å²) in [4.78, 5) is 14.6. The van der Waals surface area contributed by atoms with Crippen molar-refractivity contribution in [2.45, 2.75) is 32.1 Å². The first-order chi connectivity index (χ1) is 14.2. The maximum Gasteiger partial charge on any atom is 0.226 e. The normalized spacial score (nSPS) is 23.6. The number of halogens is 1. The number of carbonyl (C=O) groups is 1. The number of rotatable bonds is 5. The van der Waals surface area contributed by atoms with Crippen molar-refractivity contribution in [1.82, 2.24) is 10.2 Å². The number of benzene rings is 1. The number of hydrogen-bond donors (Lipinski definition) is 1. The van der Waals surface area contributed by atoms with Gasteiger partial charge in [0, 0.05) is 19.0 Å². The highest BCUT2D eigenvalue weighted by Crippen LogP contribution is 2.33. The molecule has 2 aliphatic heterocycles. The second-order valence-corrected chi connectivity index (χ2v) is 8.29. The Balaban J connectivity index is 1.33. The molecule has 5 nitrogen and oxygen atoms in total. The standard InChI is InChI=1S/C23H31FN2O3/c24-21-15-20(5-6-22(21)29-16-17-7-9-25-10-8-17)18-1-3-19(4-2-18)23(27)26-11-13-28-14-12-26/h1,5-6,15,17,19,25H,2-4,7-14,16H2. The zero-order chi connectivity index (χ0) is 20.1. The van der Waals surface area contributed by atoms with Crippen LogP contribution in [0, 0.1) is 17.7 Å². The Bertz CT molecular complexity index is 740. The summed E-state index contributed by atoms with van der Waals surface area (Å²) in [5.41, 5.74) is 2.02. The molecule has 2 heterocycles. The van der Waals surface area contributed by atoms with Gasteiger partial charge in [-0.1, -0.05) is 12.1 Å². The summed E-state index contributed by atoms with van der Waals surface area (Å²) < 4.78 is 25.7. The molecule has 29 heavy (non-hydrogen) atoms. The van der Waals surface area contributed by atoms with E-state index < -0.39 is 0 Å². The van der Waals surface area contributed by atoms with Gasteiger partial charge in [0.05, 0.1) is 19.8 Å². The lowest BCUT2D eigenvalue weighted by atomic mass is 9.85. The highest BCUT2D eigenvalue weighted by Gasteiger charge is 2.27. The lowest BCUT2D eigenvalue weighted by Crippen LogP contribution is -2.44. The predicted octanol–water partition coefficient (Wildman–Crippen LogP) is 3.25. The van der Waals surface area contributed by atoms with Crippen LogP contribution in [-0.2, 0) is 9.53 Å². The van der Waals surface area contributed by atoms with E-state index in [0.717, 1.165) is 56.3 Å². The third-order valence-corrected chi connectivity index (χ3v) is 6.32. The molecule has 1 atom stereocenters. The van der Waals surface area contributed by atoms with Crippen LogP contribution < -0.4 is 10.1 Å². The number of allylic oxidation sites excluding steroid dienone is 2. The average molecular weight is 403 g/mol. The van der Waals surface area contributed by atoms with Gasteiger partial charge < -0.3 is 19.7 Å². The molecule has 3 aliphatic rings. The van der Waals surface area contributed by atoms with Crippen LogP contribution in [0.25, 0.3) is 5.57 Å². The van der Waals surface area contributed by atoms with Gasteiger partial charge in [0.25, 0.3) is 0 Å². The average Bonchev–Trinajstić information content (AvgIpc) is 2.79. The minimum atomic E-state index is -0.302. The van der Waals surface area contributed by atoms with E-state index in [1.54, 1.807) is 12.1 Å². The van der Waals surface area contributed by atoms with Crippen molar-refractivity contribution in [2.24, 2.45) is 11.8 Å². The van der Waals surface area contributed by atoms with Crippen LogP contribution in [-0.4, -0.2) is 56.8 Å². The Labute approximate surface area is 172 Å². The van der Waals surface area contributed by atoms with Crippen molar-refractivity contribution in [1.29, 1.82) is 0 Å². The quantitative estimate of drug-likeness (QED) is 0.822. The van der Waals surface area contributed by atoms with Gasteiger partial charge in [-0.3, -0.25) is 4.79 Å². The summed E-state index contributed by atoms with van der Waals surface area (Å²) in [6.45, 7) is 5.24. The molecule has 4 rings (SSSR count). The second-order valence-electron chi connectivity index (χ2n) is 8.29. The second kappa shape index (κ2) is 9.72. The monoisotopic (exact) mass is 402 g/mol. The Kier molecular flexibility index (Phi) is 6.82. The van der Waals surface area contributed by atoms with Gasteiger partial charge >= 0.3 is 0 Å². The topological polar surface area (TPSA) is 50.8 Å². The van der Waals surface area contributed by atoms with Crippen LogP contribution in [0.2, 0.25) is 0 Å². The maximum atomic E-state index is 14.6. The lowest BCUT2D eigenvalue weighted by molar-refractivity contribution is -0.139. The lowest BCUT2D eigenvalue weighted by Gasteiger charge is -2.31. The molecule has 0 saturated carbocycles. The van der Waals surface area contributed by atoms with Crippen LogP contribution in [0.15, 0.2) is 24.3 Å². The molecule has 0 radical (unpaired) electrons. The fourth-order valence-electron chi connectivity index (χ4n) is 4.44. The van der Waals surface area contributed by atoms with Crippen LogP contribution in [0.5, 0.6) is 5.75 Å². The number of nitrogens with zero attached hydrogens (tertiary/aromatic N) is 1. The molecule has 1 aromatic rings. The molecule has 0 spiro atoms. The first-order valence-electron chi connectivity index (χ1n) is 10.9. The molecule has 1 amide bonds. The fourth-order valence-corrected chi connectivity index (χ4v) is 4.44. The van der Waals surface area contributed by atoms with Crippen molar-refractivity contribution in [3.63, 3.8) is 0 Å². The summed E-state index contributed by atoms with van der Waals surface area (Å²) in [6.07, 6.45) is 6.61. The summed E-state index contributed by atoms with van der Waals surface area (Å²) in [6, 6.07) is 5.27. The molecule has 0 bridgehead atoms. The van der Waals surface area contributed by atoms with Gasteiger partial charge in [0.1, 0.15) is 0 Å². The first kappa shape index (κ1) is 20.4. The van der Waals surface area contributed by atoms with Gasteiger partial charge in [-0.05, 0) is 74.4 Å². The van der Waals surface area contributed by atoms with E-state index in [9.17, 15) is 9.18 Å². The van der Waals surface area contributed by atoms with Gasteiger partial charge in [-0.2, -0.15) is 0 Å². The minimum absolute atomic E-state index is 0.0364. The molecule has 1 unspecified atom stereocenters. The first-order valence-corrected chi connectivity index (χ1v) is 10.9. The van der Waals surface area contributed by atoms with Crippen molar-refractivity contribution < 1.29 is 18.7 Å². The van der Waals surface area contributed by atoms with Gasteiger partial charge in [0.15, 0.2) is 11.6 Å². The maximum absolute atomic E-state index is 14.6. The highest BCUT2D eigenvalue weighted by molar-refractivity contribution is 5.81. The van der Waals surface area contributed by atoms with E-state index in [1.165, 1.54) is 0 Å². The molecule has 0 aromatic heterocycles. The fraction of sp³-hybridized carbons (Fsp3) is 0.609. The van der Waals surface area contributed by atoms with Crippen LogP contribution in [0.4, 0.5) is 4.39 Å². The summed E-state index contributed by atoms with van der Waals surface area (Å²) in [5.74, 6) is 0.802. The summed E-state index contributed by atoms with van der Waals surface area (Å²) in [7, 11) is 0. The van der Waals surface area contributed by atoms with E-state index in [0.29, 0.717) is 44.6 Å². The number of nitrogens with one attached hydrogen (secondary N) is 1. The molecule has 158 valence electrons. The molecular formula is C23H31FN2O3. The molecule has 2 saturated heterocycles. The van der Waals surface area contributed by atoms with E-state index in [2.05, 4.69) is 11.4 Å². The number of hydrogen-bond acceptors (Lipinski definition) is 4. The van der Waals surface area contributed by atoms with Crippen LogP contribution in [0.3, 0.4) is 0 Å². The van der Waals surface area contributed by atoms with E-state index in [-0.39, 0.29) is 17.6 Å². The van der Waals surface area contributed by atoms with Crippen LogP contribution >= 0.6 is 0 Å². The molecule has 1 N–H and O–H groups in total. The van der Waals surface area contributed by atoms with Crippen molar-refractivity contribution in [2.75, 3.05) is 46.0 Å². The molecule has 1 aromatic carbocycles. The smallest absolute Gasteiger partial charge is 0.226 e. The zero-order valence-corrected chi connectivity index (χ0v) is 17.0. The minimum Gasteiger partial charge on any atom is -0.490 e. The van der Waals surface area contributed by atoms with Crippen molar-refractivity contribution >= 4 is 11.5 Å². The van der Waals surface area contributed by atoms with E-state index >= 15 is 0 Å². The predicted molar refractivity (Wildman–Crippen MR) is 110 cm³/mol. The SMILES string of the molecule is O=C(C1CC=C(c2ccc(OCC3CCNCC3)c(F)c2)CC1)N1CCOCC1. The Morgan fingerprint density at radius 1 is 1.21 bits per heavy atom. The summed E-state index contributed by atoms with van der Waals surface area (Å²) >= 11 is 0. The zero-order valence-electron chi connectivity index (χ0n) is 17.0. The molecule has 1 aliphatic carbocycles. The number of morpholine rings is 1. The largest absolute Gasteiger partial charge is 0.490 e. The van der Waals surface area contributed by atoms with Crippen LogP contribution in [0.1, 0.15) is 37.7 Å². The third kappa shape index (κ3) is 5.17. The third-order valence-electron chi connectivity index (χ3n) is 6.32. The van der Waals surface area contributed by atoms with Crippen molar-refractivity contribution in [3.05, 3.63) is 35.7 Å². The number of amides is 1. The molecule has 2 fully saturated rings.